The lowest BCUT2D eigenvalue weighted by Crippen LogP contribution is -2.42. The Hall–Kier alpha value is -0.990. The van der Waals surface area contributed by atoms with Crippen LogP contribution in [0.3, 0.4) is 0 Å². The maximum absolute atomic E-state index is 11.7. The Morgan fingerprint density at radius 3 is 2.43 bits per heavy atom. The lowest BCUT2D eigenvalue weighted by atomic mass is 9.96. The number of aliphatic hydroxyl groups is 1. The van der Waals surface area contributed by atoms with Gasteiger partial charge in [0.1, 0.15) is 0 Å². The minimum Gasteiger partial charge on any atom is -0.387 e. The number of piperidine rings is 1. The number of nitrogens with zero attached hydrogens (tertiary/aromatic N) is 2. The molecule has 1 aromatic rings. The van der Waals surface area contributed by atoms with E-state index in [9.17, 15) is 13.5 Å². The maximum Gasteiger partial charge on any atom is 0.278 e. The van der Waals surface area contributed by atoms with Crippen molar-refractivity contribution in [2.75, 3.05) is 40.3 Å². The molecule has 0 saturated carbocycles. The molecule has 0 amide bonds. The van der Waals surface area contributed by atoms with Crippen molar-refractivity contribution in [1.29, 1.82) is 0 Å². The van der Waals surface area contributed by atoms with Crippen LogP contribution < -0.4 is 4.72 Å². The van der Waals surface area contributed by atoms with Gasteiger partial charge in [0.2, 0.25) is 0 Å². The van der Waals surface area contributed by atoms with Gasteiger partial charge >= 0.3 is 0 Å². The molecule has 2 rings (SSSR count). The topological polar surface area (TPSA) is 72.9 Å². The van der Waals surface area contributed by atoms with Crippen molar-refractivity contribution in [2.24, 2.45) is 5.92 Å². The fraction of sp³-hybridized carbons (Fsp3) is 0.625. The highest BCUT2D eigenvalue weighted by atomic mass is 32.2. The Labute approximate surface area is 139 Å². The molecule has 130 valence electrons. The van der Waals surface area contributed by atoms with E-state index < -0.39 is 16.3 Å². The van der Waals surface area contributed by atoms with Gasteiger partial charge in [0.15, 0.2) is 0 Å². The van der Waals surface area contributed by atoms with Crippen LogP contribution in [0.25, 0.3) is 0 Å². The number of aliphatic hydroxyl groups excluding tert-OH is 1. The van der Waals surface area contributed by atoms with Crippen LogP contribution in [0.1, 0.15) is 24.5 Å². The molecule has 0 radical (unpaired) electrons. The Morgan fingerprint density at radius 2 is 1.87 bits per heavy atom. The summed E-state index contributed by atoms with van der Waals surface area (Å²) in [6.07, 6.45) is 1.41. The molecule has 7 heteroatoms. The molecule has 1 aliphatic heterocycles. The van der Waals surface area contributed by atoms with Crippen molar-refractivity contribution in [1.82, 2.24) is 13.9 Å². The first kappa shape index (κ1) is 18.4. The van der Waals surface area contributed by atoms with Crippen LogP contribution in [0.15, 0.2) is 30.3 Å². The molecule has 0 aliphatic carbocycles. The first-order valence-corrected chi connectivity index (χ1v) is 9.45. The molecule has 1 fully saturated rings. The van der Waals surface area contributed by atoms with E-state index >= 15 is 0 Å². The summed E-state index contributed by atoms with van der Waals surface area (Å²) in [7, 11) is -0.289. The van der Waals surface area contributed by atoms with E-state index in [0.29, 0.717) is 19.0 Å². The molecule has 0 bridgehead atoms. The van der Waals surface area contributed by atoms with Crippen molar-refractivity contribution in [3.05, 3.63) is 35.9 Å². The fourth-order valence-electron chi connectivity index (χ4n) is 2.75. The van der Waals surface area contributed by atoms with Crippen LogP contribution in [-0.4, -0.2) is 63.0 Å². The van der Waals surface area contributed by atoms with E-state index in [0.717, 1.165) is 31.5 Å². The number of benzene rings is 1. The molecular formula is C16H27N3O3S. The Kier molecular flexibility index (Phi) is 6.55. The summed E-state index contributed by atoms with van der Waals surface area (Å²) in [5.41, 5.74) is 0.938. The SMILES string of the molecule is CN(C)S(=O)(=O)NCC1CCN(C[C@@H](O)c2ccccc2)CC1. The number of hydrogen-bond donors (Lipinski definition) is 2. The smallest absolute Gasteiger partial charge is 0.278 e. The quantitative estimate of drug-likeness (QED) is 0.770. The van der Waals surface area contributed by atoms with Gasteiger partial charge in [0, 0.05) is 27.2 Å². The van der Waals surface area contributed by atoms with Gasteiger partial charge in [-0.1, -0.05) is 30.3 Å². The van der Waals surface area contributed by atoms with E-state index in [1.165, 1.54) is 18.4 Å². The molecule has 1 atom stereocenters. The zero-order chi connectivity index (χ0) is 16.9. The van der Waals surface area contributed by atoms with Crippen molar-refractivity contribution >= 4 is 10.2 Å². The van der Waals surface area contributed by atoms with Crippen molar-refractivity contribution in [2.45, 2.75) is 18.9 Å². The van der Waals surface area contributed by atoms with Gasteiger partial charge in [-0.3, -0.25) is 0 Å². The standard InChI is InChI=1S/C16H27N3O3S/c1-18(2)23(21,22)17-12-14-8-10-19(11-9-14)13-16(20)15-6-4-3-5-7-15/h3-7,14,16-17,20H,8-13H2,1-2H3/t16-/m1/s1. The molecular weight excluding hydrogens is 314 g/mol. The summed E-state index contributed by atoms with van der Waals surface area (Å²) in [6.45, 7) is 2.88. The number of likely N-dealkylation sites (tertiary alicyclic amines) is 1. The van der Waals surface area contributed by atoms with E-state index in [2.05, 4.69) is 9.62 Å². The van der Waals surface area contributed by atoms with Gasteiger partial charge in [-0.05, 0) is 37.4 Å². The molecule has 23 heavy (non-hydrogen) atoms. The minimum absolute atomic E-state index is 0.356. The molecule has 0 unspecified atom stereocenters. The zero-order valence-electron chi connectivity index (χ0n) is 13.9. The average Bonchev–Trinajstić information content (AvgIpc) is 2.55. The normalized spacial score (nSPS) is 19.1. The zero-order valence-corrected chi connectivity index (χ0v) is 14.7. The van der Waals surface area contributed by atoms with Crippen molar-refractivity contribution < 1.29 is 13.5 Å². The van der Waals surface area contributed by atoms with Gasteiger partial charge in [0.25, 0.3) is 10.2 Å². The highest BCUT2D eigenvalue weighted by molar-refractivity contribution is 7.87. The van der Waals surface area contributed by atoms with Gasteiger partial charge in [-0.25, -0.2) is 4.72 Å². The number of hydrogen-bond acceptors (Lipinski definition) is 4. The van der Waals surface area contributed by atoms with Gasteiger partial charge in [-0.15, -0.1) is 0 Å². The van der Waals surface area contributed by atoms with Crippen LogP contribution in [0.4, 0.5) is 0 Å². The molecule has 6 nitrogen and oxygen atoms in total. The third-order valence-electron chi connectivity index (χ3n) is 4.36. The molecule has 2 N–H and O–H groups in total. The summed E-state index contributed by atoms with van der Waals surface area (Å²) in [4.78, 5) is 2.24. The predicted molar refractivity (Wildman–Crippen MR) is 91.2 cm³/mol. The monoisotopic (exact) mass is 341 g/mol. The van der Waals surface area contributed by atoms with E-state index in [-0.39, 0.29) is 0 Å². The van der Waals surface area contributed by atoms with Crippen molar-refractivity contribution in [3.8, 4) is 0 Å². The maximum atomic E-state index is 11.7. The Morgan fingerprint density at radius 1 is 1.26 bits per heavy atom. The first-order chi connectivity index (χ1) is 10.9. The predicted octanol–water partition coefficient (Wildman–Crippen LogP) is 0.828. The van der Waals surface area contributed by atoms with Crippen LogP contribution in [0.2, 0.25) is 0 Å². The van der Waals surface area contributed by atoms with Crippen LogP contribution in [-0.2, 0) is 10.2 Å². The van der Waals surface area contributed by atoms with E-state index in [1.54, 1.807) is 0 Å². The lowest BCUT2D eigenvalue weighted by molar-refractivity contribution is 0.0899. The summed E-state index contributed by atoms with van der Waals surface area (Å²) in [5.74, 6) is 0.356. The molecule has 1 saturated heterocycles. The number of nitrogens with one attached hydrogen (secondary N) is 1. The fourth-order valence-corrected chi connectivity index (χ4v) is 3.46. The van der Waals surface area contributed by atoms with Crippen molar-refractivity contribution in [3.63, 3.8) is 0 Å². The van der Waals surface area contributed by atoms with E-state index in [1.807, 2.05) is 30.3 Å². The van der Waals surface area contributed by atoms with Crippen LogP contribution in [0, 0.1) is 5.92 Å². The first-order valence-electron chi connectivity index (χ1n) is 8.01. The molecule has 1 aliphatic rings. The average molecular weight is 341 g/mol. The van der Waals surface area contributed by atoms with Crippen LogP contribution >= 0.6 is 0 Å². The largest absolute Gasteiger partial charge is 0.387 e. The lowest BCUT2D eigenvalue weighted by Gasteiger charge is -2.33. The molecule has 1 aromatic carbocycles. The molecule has 0 spiro atoms. The Balaban J connectivity index is 1.74. The Bertz CT molecular complexity index is 569. The van der Waals surface area contributed by atoms with Gasteiger partial charge in [0.05, 0.1) is 6.10 Å². The summed E-state index contributed by atoms with van der Waals surface area (Å²) in [6, 6.07) is 9.68. The minimum atomic E-state index is -3.34. The highest BCUT2D eigenvalue weighted by Crippen LogP contribution is 2.20. The summed E-state index contributed by atoms with van der Waals surface area (Å²) < 4.78 is 27.3. The van der Waals surface area contributed by atoms with Crippen LogP contribution in [0.5, 0.6) is 0 Å². The second-order valence-electron chi connectivity index (χ2n) is 6.31. The second kappa shape index (κ2) is 8.21. The summed E-state index contributed by atoms with van der Waals surface area (Å²) >= 11 is 0. The molecule has 0 aromatic heterocycles. The second-order valence-corrected chi connectivity index (χ2v) is 8.28. The number of β-amino-alcohol motifs (C(OH)–C–C–N with tert-alkyl or cyclic N) is 1. The summed E-state index contributed by atoms with van der Waals surface area (Å²) in [5, 5.41) is 10.3. The van der Waals surface area contributed by atoms with Gasteiger partial charge in [-0.2, -0.15) is 12.7 Å². The third-order valence-corrected chi connectivity index (χ3v) is 5.85. The third kappa shape index (κ3) is 5.54. The highest BCUT2D eigenvalue weighted by Gasteiger charge is 2.23. The van der Waals surface area contributed by atoms with Gasteiger partial charge < -0.3 is 10.0 Å². The molecule has 1 heterocycles. The number of rotatable bonds is 7. The van der Waals surface area contributed by atoms with E-state index in [4.69, 9.17) is 0 Å².